The summed E-state index contributed by atoms with van der Waals surface area (Å²) >= 11 is 2.94. The van der Waals surface area contributed by atoms with Crippen molar-refractivity contribution in [3.05, 3.63) is 36.0 Å². The van der Waals surface area contributed by atoms with E-state index in [0.717, 1.165) is 32.1 Å². The highest BCUT2D eigenvalue weighted by Gasteiger charge is 2.15. The minimum atomic E-state index is -0.243. The number of esters is 1. The van der Waals surface area contributed by atoms with E-state index in [-0.39, 0.29) is 17.8 Å². The molecule has 2 heterocycles. The molecule has 130 valence electrons. The number of thioether (sulfide) groups is 1. The van der Waals surface area contributed by atoms with Gasteiger partial charge in [0, 0.05) is 10.9 Å². The molecule has 25 heavy (non-hydrogen) atoms. The average Bonchev–Trinajstić information content (AvgIpc) is 3.04. The first kappa shape index (κ1) is 17.7. The fourth-order valence-electron chi connectivity index (χ4n) is 2.36. The van der Waals surface area contributed by atoms with Crippen LogP contribution in [0.2, 0.25) is 0 Å². The molecule has 1 aromatic carbocycles. The average molecular weight is 374 g/mol. The van der Waals surface area contributed by atoms with Crippen molar-refractivity contribution >= 4 is 39.3 Å². The van der Waals surface area contributed by atoms with Crippen molar-refractivity contribution in [1.29, 1.82) is 0 Å². The molecule has 0 radical (unpaired) electrons. The second-order valence-electron chi connectivity index (χ2n) is 5.56. The molecule has 0 atom stereocenters. The second kappa shape index (κ2) is 7.84. The maximum absolute atomic E-state index is 11.8. The van der Waals surface area contributed by atoms with E-state index in [1.807, 2.05) is 38.1 Å². The van der Waals surface area contributed by atoms with E-state index in [1.165, 1.54) is 18.1 Å². The number of rotatable bonds is 6. The molecule has 3 rings (SSSR count). The summed E-state index contributed by atoms with van der Waals surface area (Å²) in [6.07, 6.45) is 1.42. The van der Waals surface area contributed by atoms with Crippen molar-refractivity contribution in [1.82, 2.24) is 9.97 Å². The van der Waals surface area contributed by atoms with E-state index in [9.17, 15) is 4.79 Å². The maximum atomic E-state index is 11.8. The number of hydrogen-bond acceptors (Lipinski definition) is 7. The summed E-state index contributed by atoms with van der Waals surface area (Å²) in [4.78, 5) is 21.5. The van der Waals surface area contributed by atoms with Gasteiger partial charge >= 0.3 is 5.97 Å². The van der Waals surface area contributed by atoms with Crippen molar-refractivity contribution in [3.63, 3.8) is 0 Å². The minimum Gasteiger partial charge on any atom is -0.497 e. The van der Waals surface area contributed by atoms with Gasteiger partial charge in [-0.2, -0.15) is 0 Å². The molecule has 0 fully saturated rings. The predicted molar refractivity (Wildman–Crippen MR) is 101 cm³/mol. The van der Waals surface area contributed by atoms with Crippen LogP contribution in [0.15, 0.2) is 41.0 Å². The first-order valence-corrected chi connectivity index (χ1v) is 9.64. The fourth-order valence-corrected chi connectivity index (χ4v) is 4.14. The monoisotopic (exact) mass is 374 g/mol. The molecule has 0 aliphatic carbocycles. The third-order valence-corrected chi connectivity index (χ3v) is 5.28. The van der Waals surface area contributed by atoms with Gasteiger partial charge in [-0.3, -0.25) is 4.79 Å². The summed E-state index contributed by atoms with van der Waals surface area (Å²) in [7, 11) is 1.65. The summed E-state index contributed by atoms with van der Waals surface area (Å²) in [6.45, 7) is 3.68. The van der Waals surface area contributed by atoms with Gasteiger partial charge in [-0.25, -0.2) is 9.97 Å². The summed E-state index contributed by atoms with van der Waals surface area (Å²) < 4.78 is 10.4. The SMILES string of the molecule is COc1ccc(-c2csc3ncnc(SCC(=O)OC(C)C)c23)cc1. The van der Waals surface area contributed by atoms with Crippen LogP contribution >= 0.6 is 23.1 Å². The Morgan fingerprint density at radius 3 is 2.68 bits per heavy atom. The first-order valence-electron chi connectivity index (χ1n) is 7.77. The predicted octanol–water partition coefficient (Wildman–Crippen LogP) is 4.41. The minimum absolute atomic E-state index is 0.116. The Morgan fingerprint density at radius 1 is 1.24 bits per heavy atom. The van der Waals surface area contributed by atoms with E-state index in [1.54, 1.807) is 18.4 Å². The molecule has 0 saturated heterocycles. The molecular formula is C18H18N2O3S2. The highest BCUT2D eigenvalue weighted by Crippen LogP contribution is 2.38. The molecule has 0 N–H and O–H groups in total. The second-order valence-corrected chi connectivity index (χ2v) is 7.39. The molecule has 3 aromatic rings. The quantitative estimate of drug-likeness (QED) is 0.362. The molecule has 0 bridgehead atoms. The van der Waals surface area contributed by atoms with Crippen LogP contribution < -0.4 is 4.74 Å². The molecule has 0 unspecified atom stereocenters. The normalized spacial score (nSPS) is 11.0. The summed E-state index contributed by atoms with van der Waals surface area (Å²) in [5.74, 6) is 0.793. The lowest BCUT2D eigenvalue weighted by atomic mass is 10.1. The molecule has 7 heteroatoms. The number of hydrogen-bond donors (Lipinski definition) is 0. The van der Waals surface area contributed by atoms with Crippen molar-refractivity contribution in [3.8, 4) is 16.9 Å². The lowest BCUT2D eigenvalue weighted by molar-refractivity contribution is -0.144. The van der Waals surface area contributed by atoms with Crippen molar-refractivity contribution in [2.24, 2.45) is 0 Å². The topological polar surface area (TPSA) is 61.3 Å². The Balaban J connectivity index is 1.91. The Labute approximate surface area is 154 Å². The van der Waals surface area contributed by atoms with Crippen molar-refractivity contribution < 1.29 is 14.3 Å². The summed E-state index contributed by atoms with van der Waals surface area (Å²) in [5.41, 5.74) is 2.12. The molecule has 5 nitrogen and oxygen atoms in total. The van der Waals surface area contributed by atoms with Crippen LogP contribution in [0, 0.1) is 0 Å². The molecular weight excluding hydrogens is 356 g/mol. The summed E-state index contributed by atoms with van der Waals surface area (Å²) in [6, 6.07) is 7.87. The van der Waals surface area contributed by atoms with Gasteiger partial charge in [0.25, 0.3) is 0 Å². The number of benzene rings is 1. The van der Waals surface area contributed by atoms with Gasteiger partial charge in [0.2, 0.25) is 0 Å². The smallest absolute Gasteiger partial charge is 0.316 e. The molecule has 0 amide bonds. The molecule has 2 aromatic heterocycles. The number of methoxy groups -OCH3 is 1. The number of thiophene rings is 1. The molecule has 0 aliphatic rings. The number of nitrogens with zero attached hydrogens (tertiary/aromatic N) is 2. The Kier molecular flexibility index (Phi) is 5.55. The van der Waals surface area contributed by atoms with E-state index >= 15 is 0 Å². The third kappa shape index (κ3) is 4.11. The number of carbonyl (C=O) groups is 1. The van der Waals surface area contributed by atoms with Gasteiger partial charge in [-0.05, 0) is 31.5 Å². The van der Waals surface area contributed by atoms with Crippen molar-refractivity contribution in [2.75, 3.05) is 12.9 Å². The van der Waals surface area contributed by atoms with Crippen LogP contribution in [-0.4, -0.2) is 34.9 Å². The zero-order valence-electron chi connectivity index (χ0n) is 14.2. The van der Waals surface area contributed by atoms with Crippen LogP contribution in [0.1, 0.15) is 13.8 Å². The Hall–Kier alpha value is -2.12. The highest BCUT2D eigenvalue weighted by atomic mass is 32.2. The van der Waals surface area contributed by atoms with Gasteiger partial charge < -0.3 is 9.47 Å². The number of ether oxygens (including phenoxy) is 2. The van der Waals surface area contributed by atoms with Gasteiger partial charge in [0.15, 0.2) is 0 Å². The van der Waals surface area contributed by atoms with E-state index in [0.29, 0.717) is 0 Å². The molecule has 0 saturated carbocycles. The van der Waals surface area contributed by atoms with Gasteiger partial charge in [0.05, 0.1) is 24.4 Å². The van der Waals surface area contributed by atoms with Crippen molar-refractivity contribution in [2.45, 2.75) is 25.0 Å². The standard InChI is InChI=1S/C18H18N2O3S2/c1-11(2)23-15(21)9-25-18-16-14(8-24-17(16)19-10-20-18)12-4-6-13(22-3)7-5-12/h4-8,10-11H,9H2,1-3H3. The van der Waals surface area contributed by atoms with Crippen LogP contribution in [0.5, 0.6) is 5.75 Å². The fraction of sp³-hybridized carbons (Fsp3) is 0.278. The van der Waals surface area contributed by atoms with Gasteiger partial charge in [-0.15, -0.1) is 11.3 Å². The lowest BCUT2D eigenvalue weighted by Crippen LogP contribution is -2.13. The van der Waals surface area contributed by atoms with Gasteiger partial charge in [-0.1, -0.05) is 23.9 Å². The number of carbonyl (C=O) groups excluding carboxylic acids is 1. The van der Waals surface area contributed by atoms with Crippen LogP contribution in [0.4, 0.5) is 0 Å². The zero-order valence-corrected chi connectivity index (χ0v) is 15.8. The van der Waals surface area contributed by atoms with Crippen LogP contribution in [0.25, 0.3) is 21.3 Å². The lowest BCUT2D eigenvalue weighted by Gasteiger charge is -2.08. The zero-order chi connectivity index (χ0) is 17.8. The molecule has 0 aliphatic heterocycles. The van der Waals surface area contributed by atoms with E-state index in [2.05, 4.69) is 15.3 Å². The Bertz CT molecular complexity index is 876. The molecule has 0 spiro atoms. The largest absolute Gasteiger partial charge is 0.497 e. The first-order chi connectivity index (χ1) is 12.1. The summed E-state index contributed by atoms with van der Waals surface area (Å²) in [5, 5.41) is 3.83. The van der Waals surface area contributed by atoms with Crippen LogP contribution in [-0.2, 0) is 9.53 Å². The Morgan fingerprint density at radius 2 is 2.00 bits per heavy atom. The maximum Gasteiger partial charge on any atom is 0.316 e. The van der Waals surface area contributed by atoms with Crippen LogP contribution in [0.3, 0.4) is 0 Å². The highest BCUT2D eigenvalue weighted by molar-refractivity contribution is 8.00. The number of fused-ring (bicyclic) bond motifs is 1. The number of aromatic nitrogens is 2. The van der Waals surface area contributed by atoms with E-state index in [4.69, 9.17) is 9.47 Å². The van der Waals surface area contributed by atoms with E-state index < -0.39 is 0 Å². The van der Waals surface area contributed by atoms with Gasteiger partial charge in [0.1, 0.15) is 21.9 Å². The third-order valence-electron chi connectivity index (χ3n) is 3.43.